The first-order valence-corrected chi connectivity index (χ1v) is 10.5. The van der Waals surface area contributed by atoms with Crippen molar-refractivity contribution in [1.29, 1.82) is 5.26 Å². The molecule has 0 saturated carbocycles. The van der Waals surface area contributed by atoms with Crippen molar-refractivity contribution in [3.63, 3.8) is 0 Å². The standard InChI is InChI=1S/C24H21F2N5O/c25-24(26)16-29(13-19-8-4-7-18(11-19)12-27)15-20-21(24)31-10-9-30(23(31)28-22(20)32)14-17-5-2-1-3-6-17/h1-8,11H,9-10,13-16H2. The number of fused-ring (bicyclic) bond motifs is 3. The number of halogens is 2. The van der Waals surface area contributed by atoms with Crippen LogP contribution in [0.25, 0.3) is 0 Å². The monoisotopic (exact) mass is 433 g/mol. The number of benzene rings is 2. The van der Waals surface area contributed by atoms with E-state index in [1.807, 2.05) is 35.2 Å². The Hall–Kier alpha value is -3.57. The van der Waals surface area contributed by atoms with E-state index >= 15 is 8.78 Å². The normalized spacial score (nSPS) is 17.0. The lowest BCUT2D eigenvalue weighted by Crippen LogP contribution is -2.45. The second-order valence-corrected chi connectivity index (χ2v) is 8.26. The number of anilines is 1. The summed E-state index contributed by atoms with van der Waals surface area (Å²) in [4.78, 5) is 20.5. The molecule has 0 N–H and O–H groups in total. The zero-order valence-electron chi connectivity index (χ0n) is 17.3. The molecule has 0 spiro atoms. The minimum atomic E-state index is -3.18. The zero-order valence-corrected chi connectivity index (χ0v) is 17.3. The minimum Gasteiger partial charge on any atom is -0.336 e. The molecule has 2 aliphatic rings. The molecule has 3 heterocycles. The Kier molecular flexibility index (Phi) is 4.98. The van der Waals surface area contributed by atoms with Crippen LogP contribution in [-0.2, 0) is 32.1 Å². The van der Waals surface area contributed by atoms with E-state index in [4.69, 9.17) is 5.26 Å². The first-order valence-electron chi connectivity index (χ1n) is 10.5. The second kappa shape index (κ2) is 7.84. The summed E-state index contributed by atoms with van der Waals surface area (Å²) < 4.78 is 32.3. The Morgan fingerprint density at radius 2 is 1.81 bits per heavy atom. The molecule has 5 rings (SSSR count). The quantitative estimate of drug-likeness (QED) is 0.632. The highest BCUT2D eigenvalue weighted by Crippen LogP contribution is 2.38. The van der Waals surface area contributed by atoms with Gasteiger partial charge in [-0.25, -0.2) is 0 Å². The van der Waals surface area contributed by atoms with Crippen LogP contribution < -0.4 is 10.5 Å². The molecule has 0 fully saturated rings. The van der Waals surface area contributed by atoms with Crippen LogP contribution in [0.1, 0.15) is 27.9 Å². The molecule has 1 aromatic heterocycles. The third-order valence-electron chi connectivity index (χ3n) is 5.96. The van der Waals surface area contributed by atoms with Gasteiger partial charge < -0.3 is 9.47 Å². The van der Waals surface area contributed by atoms with Gasteiger partial charge in [0.1, 0.15) is 5.69 Å². The van der Waals surface area contributed by atoms with Crippen LogP contribution in [0.2, 0.25) is 0 Å². The number of nitrogens with zero attached hydrogens (tertiary/aromatic N) is 5. The van der Waals surface area contributed by atoms with Crippen molar-refractivity contribution < 1.29 is 8.78 Å². The minimum absolute atomic E-state index is 0.0583. The van der Waals surface area contributed by atoms with Gasteiger partial charge in [-0.15, -0.1) is 0 Å². The highest BCUT2D eigenvalue weighted by atomic mass is 19.3. The van der Waals surface area contributed by atoms with Crippen LogP contribution in [0.15, 0.2) is 59.4 Å². The van der Waals surface area contributed by atoms with Gasteiger partial charge in [0, 0.05) is 32.7 Å². The van der Waals surface area contributed by atoms with Crippen LogP contribution in [-0.4, -0.2) is 27.5 Å². The number of aromatic nitrogens is 2. The Morgan fingerprint density at radius 1 is 1.03 bits per heavy atom. The molecule has 2 aliphatic heterocycles. The highest BCUT2D eigenvalue weighted by Gasteiger charge is 2.46. The molecule has 0 amide bonds. The molecular formula is C24H21F2N5O. The summed E-state index contributed by atoms with van der Waals surface area (Å²) in [7, 11) is 0. The van der Waals surface area contributed by atoms with Crippen molar-refractivity contribution in [1.82, 2.24) is 14.5 Å². The maximum atomic E-state index is 15.4. The van der Waals surface area contributed by atoms with E-state index in [1.165, 1.54) is 4.57 Å². The fourth-order valence-electron chi connectivity index (χ4n) is 4.62. The van der Waals surface area contributed by atoms with E-state index in [0.29, 0.717) is 31.1 Å². The lowest BCUT2D eigenvalue weighted by molar-refractivity contribution is -0.0621. The zero-order chi connectivity index (χ0) is 22.3. The molecule has 2 aromatic carbocycles. The molecule has 32 heavy (non-hydrogen) atoms. The lowest BCUT2D eigenvalue weighted by Gasteiger charge is -2.35. The summed E-state index contributed by atoms with van der Waals surface area (Å²) in [5.41, 5.74) is 1.52. The summed E-state index contributed by atoms with van der Waals surface area (Å²) in [6, 6.07) is 18.6. The topological polar surface area (TPSA) is 65.2 Å². The van der Waals surface area contributed by atoms with E-state index < -0.39 is 18.0 Å². The third-order valence-corrected chi connectivity index (χ3v) is 5.96. The Bertz CT molecular complexity index is 1270. The summed E-state index contributed by atoms with van der Waals surface area (Å²) in [6.07, 6.45) is 0. The van der Waals surface area contributed by atoms with Crippen LogP contribution >= 0.6 is 0 Å². The molecule has 0 atom stereocenters. The van der Waals surface area contributed by atoms with Gasteiger partial charge in [-0.05, 0) is 23.3 Å². The van der Waals surface area contributed by atoms with Gasteiger partial charge in [-0.3, -0.25) is 9.69 Å². The number of rotatable bonds is 4. The molecule has 0 bridgehead atoms. The van der Waals surface area contributed by atoms with Crippen molar-refractivity contribution in [2.45, 2.75) is 32.1 Å². The molecule has 0 unspecified atom stereocenters. The van der Waals surface area contributed by atoms with Crippen LogP contribution in [0, 0.1) is 11.3 Å². The molecule has 162 valence electrons. The Labute approximate surface area is 184 Å². The summed E-state index contributed by atoms with van der Waals surface area (Å²) in [5.74, 6) is -2.87. The van der Waals surface area contributed by atoms with Gasteiger partial charge in [-0.1, -0.05) is 42.5 Å². The average molecular weight is 433 g/mol. The maximum Gasteiger partial charge on any atom is 0.300 e. The SMILES string of the molecule is N#Cc1cccc(CN2Cc3c(n4c(nc3=O)N(Cc3ccccc3)CC4)C(F)(F)C2)c1. The molecular weight excluding hydrogens is 412 g/mol. The summed E-state index contributed by atoms with van der Waals surface area (Å²) in [6.45, 7) is 1.26. The predicted octanol–water partition coefficient (Wildman–Crippen LogP) is 3.24. The molecule has 0 aliphatic carbocycles. The van der Waals surface area contributed by atoms with Gasteiger partial charge in [0.15, 0.2) is 0 Å². The highest BCUT2D eigenvalue weighted by molar-refractivity contribution is 5.43. The number of hydrogen-bond acceptors (Lipinski definition) is 5. The molecule has 3 aromatic rings. The van der Waals surface area contributed by atoms with Gasteiger partial charge in [0.25, 0.3) is 5.56 Å². The summed E-state index contributed by atoms with van der Waals surface area (Å²) >= 11 is 0. The molecule has 0 saturated heterocycles. The molecule has 0 radical (unpaired) electrons. The summed E-state index contributed by atoms with van der Waals surface area (Å²) in [5, 5.41) is 9.08. The van der Waals surface area contributed by atoms with Crippen molar-refractivity contribution in [3.05, 3.63) is 92.9 Å². The third kappa shape index (κ3) is 3.65. The van der Waals surface area contributed by atoms with Gasteiger partial charge >= 0.3 is 5.92 Å². The first-order chi connectivity index (χ1) is 15.4. The van der Waals surface area contributed by atoms with Gasteiger partial charge in [-0.2, -0.15) is 19.0 Å². The fourth-order valence-corrected chi connectivity index (χ4v) is 4.62. The van der Waals surface area contributed by atoms with E-state index in [-0.39, 0.29) is 24.3 Å². The number of hydrogen-bond donors (Lipinski definition) is 0. The van der Waals surface area contributed by atoms with Crippen molar-refractivity contribution in [2.24, 2.45) is 0 Å². The fraction of sp³-hybridized carbons (Fsp3) is 0.292. The number of alkyl halides is 2. The van der Waals surface area contributed by atoms with E-state index in [0.717, 1.165) is 11.1 Å². The van der Waals surface area contributed by atoms with Crippen LogP contribution in [0.5, 0.6) is 0 Å². The van der Waals surface area contributed by atoms with Crippen LogP contribution in [0.4, 0.5) is 14.7 Å². The van der Waals surface area contributed by atoms with Crippen molar-refractivity contribution in [2.75, 3.05) is 18.0 Å². The van der Waals surface area contributed by atoms with Gasteiger partial charge in [0.2, 0.25) is 5.95 Å². The largest absolute Gasteiger partial charge is 0.336 e. The predicted molar refractivity (Wildman–Crippen MR) is 115 cm³/mol. The van der Waals surface area contributed by atoms with E-state index in [1.54, 1.807) is 29.2 Å². The Morgan fingerprint density at radius 3 is 2.59 bits per heavy atom. The second-order valence-electron chi connectivity index (χ2n) is 8.26. The average Bonchev–Trinajstić information content (AvgIpc) is 3.16. The molecule has 8 heteroatoms. The molecule has 6 nitrogen and oxygen atoms in total. The first kappa shape index (κ1) is 20.3. The Balaban J connectivity index is 1.47. The van der Waals surface area contributed by atoms with Crippen LogP contribution in [0.3, 0.4) is 0 Å². The van der Waals surface area contributed by atoms with Gasteiger partial charge in [0.05, 0.1) is 23.7 Å². The maximum absolute atomic E-state index is 15.4. The van der Waals surface area contributed by atoms with E-state index in [2.05, 4.69) is 11.1 Å². The lowest BCUT2D eigenvalue weighted by atomic mass is 10.0. The van der Waals surface area contributed by atoms with Crippen molar-refractivity contribution in [3.8, 4) is 6.07 Å². The van der Waals surface area contributed by atoms with Crippen molar-refractivity contribution >= 4 is 5.95 Å². The smallest absolute Gasteiger partial charge is 0.300 e. The van der Waals surface area contributed by atoms with E-state index in [9.17, 15) is 4.79 Å². The number of nitriles is 1.